The van der Waals surface area contributed by atoms with E-state index < -0.39 is 0 Å². The zero-order valence-electron chi connectivity index (χ0n) is 11.5. The van der Waals surface area contributed by atoms with Crippen molar-refractivity contribution in [2.45, 2.75) is 6.54 Å². The van der Waals surface area contributed by atoms with Crippen LogP contribution in [0, 0.1) is 0 Å². The number of benzene rings is 2. The molecule has 4 heteroatoms. The molecule has 0 N–H and O–H groups in total. The van der Waals surface area contributed by atoms with E-state index in [2.05, 4.69) is 41.2 Å². The fourth-order valence-corrected chi connectivity index (χ4v) is 3.02. The lowest BCUT2D eigenvalue weighted by Gasteiger charge is -2.15. The van der Waals surface area contributed by atoms with Gasteiger partial charge in [-0.3, -0.25) is 0 Å². The van der Waals surface area contributed by atoms with Crippen LogP contribution in [0.1, 0.15) is 5.56 Å². The van der Waals surface area contributed by atoms with Crippen molar-refractivity contribution in [2.24, 2.45) is 0 Å². The summed E-state index contributed by atoms with van der Waals surface area (Å²) in [4.78, 5) is 6.84. The largest absolute Gasteiger partial charge is 0.497 e. The SMILES string of the molecule is COc1ccc(CN(C)c2nc3ccccc3s2)cc1. The van der Waals surface area contributed by atoms with Crippen LogP contribution in [0.5, 0.6) is 5.75 Å². The Hall–Kier alpha value is -2.07. The molecule has 3 aromatic rings. The fraction of sp³-hybridized carbons (Fsp3) is 0.188. The van der Waals surface area contributed by atoms with Gasteiger partial charge in [-0.05, 0) is 29.8 Å². The lowest BCUT2D eigenvalue weighted by Crippen LogP contribution is -2.15. The van der Waals surface area contributed by atoms with Crippen LogP contribution >= 0.6 is 11.3 Å². The molecule has 0 radical (unpaired) electrons. The number of thiazole rings is 1. The maximum absolute atomic E-state index is 5.17. The number of ether oxygens (including phenoxy) is 1. The molecule has 0 aliphatic rings. The van der Waals surface area contributed by atoms with E-state index in [1.54, 1.807) is 18.4 Å². The lowest BCUT2D eigenvalue weighted by atomic mass is 10.2. The molecule has 3 rings (SSSR count). The summed E-state index contributed by atoms with van der Waals surface area (Å²) >= 11 is 1.72. The monoisotopic (exact) mass is 284 g/mol. The molecule has 102 valence electrons. The molecule has 0 fully saturated rings. The first-order chi connectivity index (χ1) is 9.76. The van der Waals surface area contributed by atoms with Crippen LogP contribution in [0.15, 0.2) is 48.5 Å². The van der Waals surface area contributed by atoms with Gasteiger partial charge in [0.25, 0.3) is 0 Å². The zero-order chi connectivity index (χ0) is 13.9. The number of nitrogens with zero attached hydrogens (tertiary/aromatic N) is 2. The molecule has 0 saturated carbocycles. The van der Waals surface area contributed by atoms with E-state index in [1.165, 1.54) is 10.3 Å². The third-order valence-corrected chi connectivity index (χ3v) is 4.34. The van der Waals surface area contributed by atoms with Gasteiger partial charge < -0.3 is 9.64 Å². The molecule has 0 aliphatic carbocycles. The van der Waals surface area contributed by atoms with Gasteiger partial charge in [0.15, 0.2) is 5.13 Å². The Labute approximate surface area is 122 Å². The summed E-state index contributed by atoms with van der Waals surface area (Å²) in [6, 6.07) is 16.4. The maximum atomic E-state index is 5.17. The van der Waals surface area contributed by atoms with Gasteiger partial charge in [0.2, 0.25) is 0 Å². The smallest absolute Gasteiger partial charge is 0.186 e. The summed E-state index contributed by atoms with van der Waals surface area (Å²) < 4.78 is 6.40. The Morgan fingerprint density at radius 2 is 1.85 bits per heavy atom. The fourth-order valence-electron chi connectivity index (χ4n) is 2.10. The highest BCUT2D eigenvalue weighted by atomic mass is 32.1. The van der Waals surface area contributed by atoms with Crippen molar-refractivity contribution in [3.63, 3.8) is 0 Å². The second-order valence-corrected chi connectivity index (χ2v) is 5.68. The minimum Gasteiger partial charge on any atom is -0.497 e. The molecule has 0 saturated heterocycles. The molecule has 1 heterocycles. The van der Waals surface area contributed by atoms with Crippen LogP contribution in [0.25, 0.3) is 10.2 Å². The summed E-state index contributed by atoms with van der Waals surface area (Å²) in [7, 11) is 3.75. The zero-order valence-corrected chi connectivity index (χ0v) is 12.4. The molecule has 0 aliphatic heterocycles. The van der Waals surface area contributed by atoms with Gasteiger partial charge in [0.05, 0.1) is 17.3 Å². The Kier molecular flexibility index (Phi) is 3.56. The third-order valence-electron chi connectivity index (χ3n) is 3.19. The molecule has 1 aromatic heterocycles. The van der Waals surface area contributed by atoms with E-state index >= 15 is 0 Å². The first-order valence-corrected chi connectivity index (χ1v) is 7.27. The van der Waals surface area contributed by atoms with E-state index in [4.69, 9.17) is 4.74 Å². The maximum Gasteiger partial charge on any atom is 0.186 e. The van der Waals surface area contributed by atoms with Crippen molar-refractivity contribution in [1.82, 2.24) is 4.98 Å². The van der Waals surface area contributed by atoms with E-state index in [-0.39, 0.29) is 0 Å². The van der Waals surface area contributed by atoms with E-state index in [0.717, 1.165) is 22.9 Å². The highest BCUT2D eigenvalue weighted by Gasteiger charge is 2.08. The first-order valence-electron chi connectivity index (χ1n) is 6.46. The summed E-state index contributed by atoms with van der Waals surface area (Å²) in [6.45, 7) is 0.837. The highest BCUT2D eigenvalue weighted by Crippen LogP contribution is 2.28. The Balaban J connectivity index is 1.79. The molecule has 3 nitrogen and oxygen atoms in total. The Morgan fingerprint density at radius 1 is 1.10 bits per heavy atom. The average Bonchev–Trinajstić information content (AvgIpc) is 2.92. The van der Waals surface area contributed by atoms with Crippen molar-refractivity contribution in [2.75, 3.05) is 19.1 Å². The normalized spacial score (nSPS) is 10.7. The highest BCUT2D eigenvalue weighted by molar-refractivity contribution is 7.22. The quantitative estimate of drug-likeness (QED) is 0.725. The van der Waals surface area contributed by atoms with E-state index in [1.807, 2.05) is 24.3 Å². The minimum atomic E-state index is 0.837. The van der Waals surface area contributed by atoms with Crippen molar-refractivity contribution < 1.29 is 4.74 Å². The molecule has 0 atom stereocenters. The minimum absolute atomic E-state index is 0.837. The second kappa shape index (κ2) is 5.51. The van der Waals surface area contributed by atoms with Crippen LogP contribution in [0.3, 0.4) is 0 Å². The van der Waals surface area contributed by atoms with Gasteiger partial charge >= 0.3 is 0 Å². The topological polar surface area (TPSA) is 25.4 Å². The number of rotatable bonds is 4. The van der Waals surface area contributed by atoms with Crippen LogP contribution < -0.4 is 9.64 Å². The molecule has 0 unspecified atom stereocenters. The molecule has 20 heavy (non-hydrogen) atoms. The number of methoxy groups -OCH3 is 1. The summed E-state index contributed by atoms with van der Waals surface area (Å²) in [5, 5.41) is 1.04. The summed E-state index contributed by atoms with van der Waals surface area (Å²) in [5.41, 5.74) is 2.31. The number of para-hydroxylation sites is 1. The van der Waals surface area contributed by atoms with Crippen molar-refractivity contribution in [1.29, 1.82) is 0 Å². The number of hydrogen-bond acceptors (Lipinski definition) is 4. The number of aromatic nitrogens is 1. The predicted molar refractivity (Wildman–Crippen MR) is 84.7 cm³/mol. The van der Waals surface area contributed by atoms with E-state index in [9.17, 15) is 0 Å². The van der Waals surface area contributed by atoms with Crippen LogP contribution in [0.2, 0.25) is 0 Å². The van der Waals surface area contributed by atoms with Gasteiger partial charge in [0, 0.05) is 13.6 Å². The van der Waals surface area contributed by atoms with Crippen LogP contribution in [0.4, 0.5) is 5.13 Å². The average molecular weight is 284 g/mol. The summed E-state index contributed by atoms with van der Waals surface area (Å²) in [5.74, 6) is 0.886. The molecular weight excluding hydrogens is 268 g/mol. The van der Waals surface area contributed by atoms with Crippen molar-refractivity contribution in [3.8, 4) is 5.75 Å². The number of fused-ring (bicyclic) bond motifs is 1. The van der Waals surface area contributed by atoms with Crippen LogP contribution in [-0.2, 0) is 6.54 Å². The Morgan fingerprint density at radius 3 is 2.55 bits per heavy atom. The third kappa shape index (κ3) is 2.60. The van der Waals surface area contributed by atoms with Gasteiger partial charge in [-0.1, -0.05) is 35.6 Å². The van der Waals surface area contributed by atoms with Gasteiger partial charge in [0.1, 0.15) is 5.75 Å². The first kappa shape index (κ1) is 12.9. The molecular formula is C16H16N2OS. The van der Waals surface area contributed by atoms with Gasteiger partial charge in [-0.25, -0.2) is 4.98 Å². The number of anilines is 1. The van der Waals surface area contributed by atoms with Gasteiger partial charge in [-0.2, -0.15) is 0 Å². The Bertz CT molecular complexity index is 673. The standard InChI is InChI=1S/C16H16N2OS/c1-18(11-12-7-9-13(19-2)10-8-12)16-17-14-5-3-4-6-15(14)20-16/h3-10H,11H2,1-2H3. The van der Waals surface area contributed by atoms with Gasteiger partial charge in [-0.15, -0.1) is 0 Å². The molecule has 2 aromatic carbocycles. The lowest BCUT2D eigenvalue weighted by molar-refractivity contribution is 0.414. The van der Waals surface area contributed by atoms with E-state index in [0.29, 0.717) is 0 Å². The van der Waals surface area contributed by atoms with Crippen LogP contribution in [-0.4, -0.2) is 19.1 Å². The van der Waals surface area contributed by atoms with Crippen molar-refractivity contribution in [3.05, 3.63) is 54.1 Å². The predicted octanol–water partition coefficient (Wildman–Crippen LogP) is 3.94. The molecule has 0 amide bonds. The summed E-state index contributed by atoms with van der Waals surface area (Å²) in [6.07, 6.45) is 0. The number of hydrogen-bond donors (Lipinski definition) is 0. The molecule has 0 bridgehead atoms. The second-order valence-electron chi connectivity index (χ2n) is 4.67. The van der Waals surface area contributed by atoms with Crippen molar-refractivity contribution >= 4 is 26.7 Å². The molecule has 0 spiro atoms.